The number of aromatic nitrogens is 1. The van der Waals surface area contributed by atoms with Crippen LogP contribution in [0.2, 0.25) is 10.0 Å². The Hall–Kier alpha value is -3.17. The maximum atomic E-state index is 14.1. The minimum atomic E-state index is -0.700. The number of halogens is 4. The van der Waals surface area contributed by atoms with Gasteiger partial charge in [-0.15, -0.1) is 0 Å². The number of pyridine rings is 1. The number of fused-ring (bicyclic) bond motifs is 1. The summed E-state index contributed by atoms with van der Waals surface area (Å²) in [6.45, 7) is -0.0917. The van der Waals surface area contributed by atoms with Crippen LogP contribution >= 0.6 is 23.2 Å². The van der Waals surface area contributed by atoms with Gasteiger partial charge in [0.25, 0.3) is 5.91 Å². The summed E-state index contributed by atoms with van der Waals surface area (Å²) in [6.07, 6.45) is 6.49. The molecule has 3 aromatic rings. The molecule has 0 unspecified atom stereocenters. The summed E-state index contributed by atoms with van der Waals surface area (Å²) in [7, 11) is 0. The van der Waals surface area contributed by atoms with Crippen molar-refractivity contribution in [3.63, 3.8) is 0 Å². The van der Waals surface area contributed by atoms with Gasteiger partial charge in [0, 0.05) is 36.2 Å². The van der Waals surface area contributed by atoms with Gasteiger partial charge in [-0.2, -0.15) is 0 Å². The van der Waals surface area contributed by atoms with E-state index in [-0.39, 0.29) is 57.4 Å². The van der Waals surface area contributed by atoms with E-state index in [1.54, 1.807) is 6.20 Å². The fourth-order valence-corrected chi connectivity index (χ4v) is 5.31. The summed E-state index contributed by atoms with van der Waals surface area (Å²) in [5.41, 5.74) is -0.0166. The van der Waals surface area contributed by atoms with Crippen molar-refractivity contribution < 1.29 is 23.1 Å². The van der Waals surface area contributed by atoms with E-state index >= 15 is 0 Å². The number of hydrogen-bond acceptors (Lipinski definition) is 4. The van der Waals surface area contributed by atoms with E-state index in [0.29, 0.717) is 24.8 Å². The molecule has 2 N–H and O–H groups in total. The highest BCUT2D eigenvalue weighted by molar-refractivity contribution is 6.31. The van der Waals surface area contributed by atoms with E-state index in [2.05, 4.69) is 10.6 Å². The van der Waals surface area contributed by atoms with E-state index in [1.165, 1.54) is 18.2 Å². The molecule has 2 aliphatic rings. The zero-order valence-electron chi connectivity index (χ0n) is 20.9. The molecule has 1 heterocycles. The molecule has 0 aliphatic heterocycles. The molecule has 2 aliphatic carbocycles. The van der Waals surface area contributed by atoms with Crippen molar-refractivity contribution in [1.82, 2.24) is 15.2 Å². The first-order chi connectivity index (χ1) is 18.7. The van der Waals surface area contributed by atoms with Crippen LogP contribution in [0.3, 0.4) is 0 Å². The number of rotatable bonds is 8. The van der Waals surface area contributed by atoms with Crippen LogP contribution in [-0.2, 0) is 4.79 Å². The molecule has 0 radical (unpaired) electrons. The molecule has 0 bridgehead atoms. The van der Waals surface area contributed by atoms with Crippen LogP contribution in [0, 0.1) is 17.6 Å². The normalized spacial score (nSPS) is 19.1. The van der Waals surface area contributed by atoms with E-state index in [1.807, 2.05) is 4.57 Å². The Balaban J connectivity index is 1.14. The van der Waals surface area contributed by atoms with Gasteiger partial charge in [0.15, 0.2) is 6.73 Å². The molecule has 0 spiro atoms. The monoisotopic (exact) mass is 577 g/mol. The fraction of sp³-hybridized carbons (Fsp3) is 0.393. The second kappa shape index (κ2) is 11.5. The Kier molecular flexibility index (Phi) is 8.09. The summed E-state index contributed by atoms with van der Waals surface area (Å²) in [6, 6.07) is 6.60. The molecule has 39 heavy (non-hydrogen) atoms. The average Bonchev–Trinajstić information content (AvgIpc) is 3.74. The zero-order valence-corrected chi connectivity index (χ0v) is 22.5. The number of carbonyl (C=O) groups is 2. The second-order valence-electron chi connectivity index (χ2n) is 10.2. The van der Waals surface area contributed by atoms with E-state index in [9.17, 15) is 23.2 Å². The van der Waals surface area contributed by atoms with Gasteiger partial charge in [0.05, 0.1) is 15.6 Å². The summed E-state index contributed by atoms with van der Waals surface area (Å²) >= 11 is 11.6. The van der Waals surface area contributed by atoms with Crippen molar-refractivity contribution in [1.29, 1.82) is 0 Å². The van der Waals surface area contributed by atoms with Crippen LogP contribution in [0.4, 0.5) is 8.78 Å². The molecule has 11 heteroatoms. The maximum absolute atomic E-state index is 14.1. The number of carbonyl (C=O) groups excluding carboxylic acids is 2. The van der Waals surface area contributed by atoms with Gasteiger partial charge >= 0.3 is 0 Å². The average molecular weight is 578 g/mol. The highest BCUT2D eigenvalue weighted by Gasteiger charge is 2.29. The first-order valence-corrected chi connectivity index (χ1v) is 13.6. The minimum Gasteiger partial charge on any atom is -0.473 e. The van der Waals surface area contributed by atoms with Crippen molar-refractivity contribution in [2.75, 3.05) is 6.73 Å². The third-order valence-electron chi connectivity index (χ3n) is 7.31. The van der Waals surface area contributed by atoms with Crippen molar-refractivity contribution in [2.24, 2.45) is 5.92 Å². The van der Waals surface area contributed by atoms with Crippen LogP contribution in [0.15, 0.2) is 41.3 Å². The van der Waals surface area contributed by atoms with Gasteiger partial charge in [-0.1, -0.05) is 23.2 Å². The summed E-state index contributed by atoms with van der Waals surface area (Å²) in [5.74, 6) is -1.56. The number of nitrogens with one attached hydrogen (secondary N) is 2. The number of benzene rings is 2. The summed E-state index contributed by atoms with van der Waals surface area (Å²) < 4.78 is 34.8. The molecule has 206 valence electrons. The lowest BCUT2D eigenvalue weighted by Gasteiger charge is -2.29. The predicted molar refractivity (Wildman–Crippen MR) is 144 cm³/mol. The lowest BCUT2D eigenvalue weighted by molar-refractivity contribution is -0.123. The molecule has 5 rings (SSSR count). The Labute approximate surface area is 233 Å². The van der Waals surface area contributed by atoms with Crippen LogP contribution in [0.1, 0.15) is 61.3 Å². The van der Waals surface area contributed by atoms with Crippen molar-refractivity contribution in [2.45, 2.75) is 57.0 Å². The topological polar surface area (TPSA) is 89.4 Å². The predicted octanol–water partition coefficient (Wildman–Crippen LogP) is 5.75. The van der Waals surface area contributed by atoms with Crippen LogP contribution in [0.25, 0.3) is 10.9 Å². The first kappa shape index (κ1) is 27.4. The number of amides is 2. The maximum Gasteiger partial charge on any atom is 0.256 e. The van der Waals surface area contributed by atoms with Gasteiger partial charge in [-0.3, -0.25) is 14.4 Å². The fourth-order valence-electron chi connectivity index (χ4n) is 5.04. The van der Waals surface area contributed by atoms with Gasteiger partial charge in [-0.05, 0) is 68.7 Å². The Morgan fingerprint density at radius 2 is 1.69 bits per heavy atom. The number of nitrogens with zero attached hydrogens (tertiary/aromatic N) is 1. The molecular weight excluding hydrogens is 551 g/mol. The van der Waals surface area contributed by atoms with Crippen molar-refractivity contribution >= 4 is 45.9 Å². The molecule has 2 saturated carbocycles. The number of ether oxygens (including phenoxy) is 1. The van der Waals surface area contributed by atoms with Crippen molar-refractivity contribution in [3.8, 4) is 5.75 Å². The lowest BCUT2D eigenvalue weighted by atomic mass is 9.84. The van der Waals surface area contributed by atoms with Gasteiger partial charge in [-0.25, -0.2) is 8.78 Å². The summed E-state index contributed by atoms with van der Waals surface area (Å²) in [5, 5.41) is 5.68. The largest absolute Gasteiger partial charge is 0.473 e. The van der Waals surface area contributed by atoms with E-state index in [4.69, 9.17) is 27.9 Å². The molecule has 7 nitrogen and oxygen atoms in total. The minimum absolute atomic E-state index is 0.00782. The molecule has 1 aromatic heterocycles. The van der Waals surface area contributed by atoms with E-state index in [0.717, 1.165) is 37.8 Å². The van der Waals surface area contributed by atoms with Crippen LogP contribution < -0.4 is 20.8 Å². The van der Waals surface area contributed by atoms with Crippen LogP contribution in [0.5, 0.6) is 5.75 Å². The van der Waals surface area contributed by atoms with Crippen molar-refractivity contribution in [3.05, 3.63) is 74.0 Å². The van der Waals surface area contributed by atoms with Gasteiger partial charge in [0.2, 0.25) is 11.3 Å². The third-order valence-corrected chi connectivity index (χ3v) is 7.91. The molecule has 2 amide bonds. The smallest absolute Gasteiger partial charge is 0.256 e. The molecule has 0 saturated heterocycles. The second-order valence-corrected chi connectivity index (χ2v) is 11.0. The highest BCUT2D eigenvalue weighted by Crippen LogP contribution is 2.37. The zero-order chi connectivity index (χ0) is 27.7. The number of hydrogen-bond donors (Lipinski definition) is 2. The highest BCUT2D eigenvalue weighted by atomic mass is 35.5. The lowest BCUT2D eigenvalue weighted by Crippen LogP contribution is -2.40. The SMILES string of the molecule is O=C(C[C@H]1CC[C@H](NC(=O)c2cn(C3CC3)c3cc(Cl)c(F)cc3c2=O)CC1)NCOc1ccc(Cl)c(F)c1. The quantitative estimate of drug-likeness (QED) is 0.333. The Morgan fingerprint density at radius 1 is 0.974 bits per heavy atom. The molecule has 0 atom stereocenters. The third kappa shape index (κ3) is 6.36. The molecular formula is C28H27Cl2F2N3O4. The van der Waals surface area contributed by atoms with E-state index < -0.39 is 23.0 Å². The van der Waals surface area contributed by atoms with Gasteiger partial charge in [0.1, 0.15) is 22.9 Å². The van der Waals surface area contributed by atoms with Gasteiger partial charge < -0.3 is 19.9 Å². The Bertz CT molecular complexity index is 1480. The first-order valence-electron chi connectivity index (χ1n) is 12.9. The molecule has 2 aromatic carbocycles. The summed E-state index contributed by atoms with van der Waals surface area (Å²) in [4.78, 5) is 38.5. The molecule has 2 fully saturated rings. The Morgan fingerprint density at radius 3 is 2.38 bits per heavy atom. The van der Waals surface area contributed by atoms with Crippen LogP contribution in [-0.4, -0.2) is 29.2 Å². The standard InChI is InChI=1S/C28H27Cl2F2N3O4/c29-21-8-7-18(10-23(21)31)39-14-33-26(36)9-15-1-3-16(4-2-15)34-28(38)20-13-35(17-5-6-17)25-12-22(30)24(32)11-19(25)27(20)37/h7-8,10-13,15-17H,1-6,9,14H2,(H,33,36)(H,34,38)/t15-,16-.